The SMILES string of the molecule is CN1CC[C@H](Oc2ccc(Cl)cc2)[C@H](c2ccccc2)C1.O=C(O)C(=O)O. The number of carbonyl (C=O) groups is 2. The minimum absolute atomic E-state index is 0.213. The van der Waals surface area contributed by atoms with Gasteiger partial charge in [-0.05, 0) is 43.3 Å². The summed E-state index contributed by atoms with van der Waals surface area (Å²) in [5.74, 6) is -2.35. The third-order valence-corrected chi connectivity index (χ3v) is 4.52. The van der Waals surface area contributed by atoms with Crippen LogP contribution in [0, 0.1) is 0 Å². The van der Waals surface area contributed by atoms with E-state index in [1.165, 1.54) is 5.56 Å². The predicted octanol–water partition coefficient (Wildman–Crippen LogP) is 3.36. The number of ether oxygens (including phenoxy) is 1. The second-order valence-electron chi connectivity index (χ2n) is 6.29. The van der Waals surface area contributed by atoms with Crippen LogP contribution < -0.4 is 4.74 Å². The molecular formula is C20H22ClNO5. The molecule has 27 heavy (non-hydrogen) atoms. The highest BCUT2D eigenvalue weighted by Crippen LogP contribution is 2.30. The van der Waals surface area contributed by atoms with Crippen LogP contribution in [0.5, 0.6) is 5.75 Å². The van der Waals surface area contributed by atoms with Gasteiger partial charge in [-0.2, -0.15) is 0 Å². The first-order valence-electron chi connectivity index (χ1n) is 8.48. The van der Waals surface area contributed by atoms with Crippen LogP contribution in [-0.4, -0.2) is 53.3 Å². The summed E-state index contributed by atoms with van der Waals surface area (Å²) in [6.07, 6.45) is 1.25. The molecule has 2 aromatic carbocycles. The van der Waals surface area contributed by atoms with E-state index in [9.17, 15) is 0 Å². The number of carboxylic acid groups (broad SMARTS) is 2. The number of hydrogen-bond donors (Lipinski definition) is 2. The van der Waals surface area contributed by atoms with Crippen molar-refractivity contribution in [1.29, 1.82) is 0 Å². The normalized spacial score (nSPS) is 19.5. The first-order valence-corrected chi connectivity index (χ1v) is 8.86. The predicted molar refractivity (Wildman–Crippen MR) is 102 cm³/mol. The second kappa shape index (κ2) is 9.94. The fourth-order valence-corrected chi connectivity index (χ4v) is 3.07. The number of halogens is 1. The van der Waals surface area contributed by atoms with Crippen molar-refractivity contribution in [2.24, 2.45) is 0 Å². The van der Waals surface area contributed by atoms with Gasteiger partial charge in [-0.15, -0.1) is 0 Å². The van der Waals surface area contributed by atoms with Gasteiger partial charge in [0.15, 0.2) is 0 Å². The number of carboxylic acids is 2. The van der Waals surface area contributed by atoms with Gasteiger partial charge in [0, 0.05) is 24.0 Å². The lowest BCUT2D eigenvalue weighted by molar-refractivity contribution is -0.159. The molecule has 7 heteroatoms. The van der Waals surface area contributed by atoms with E-state index in [1.54, 1.807) is 0 Å². The standard InChI is InChI=1S/C18H20ClNO.C2H2O4/c1-20-12-11-18(21-16-9-7-15(19)8-10-16)17(13-20)14-5-3-2-4-6-14;3-1(4)2(5)6/h2-10,17-18H,11-13H2,1H3;(H,3,4)(H,5,6)/t17-,18-;/m0./s1. The molecule has 1 aliphatic heterocycles. The van der Waals surface area contributed by atoms with E-state index in [0.29, 0.717) is 5.92 Å². The molecule has 0 bridgehead atoms. The summed E-state index contributed by atoms with van der Waals surface area (Å²) in [7, 11) is 2.18. The van der Waals surface area contributed by atoms with Gasteiger partial charge in [-0.3, -0.25) is 0 Å². The van der Waals surface area contributed by atoms with Crippen molar-refractivity contribution in [3.63, 3.8) is 0 Å². The number of nitrogens with zero attached hydrogens (tertiary/aromatic N) is 1. The van der Waals surface area contributed by atoms with E-state index in [2.05, 4.69) is 42.3 Å². The van der Waals surface area contributed by atoms with Gasteiger partial charge in [-0.25, -0.2) is 9.59 Å². The van der Waals surface area contributed by atoms with Crippen molar-refractivity contribution in [3.8, 4) is 5.75 Å². The number of piperidine rings is 1. The van der Waals surface area contributed by atoms with E-state index >= 15 is 0 Å². The molecule has 0 radical (unpaired) electrons. The first kappa shape index (κ1) is 20.7. The molecule has 1 saturated heterocycles. The lowest BCUT2D eigenvalue weighted by Crippen LogP contribution is -2.42. The van der Waals surface area contributed by atoms with Crippen LogP contribution in [0.1, 0.15) is 17.9 Å². The van der Waals surface area contributed by atoms with Crippen LogP contribution in [0.3, 0.4) is 0 Å². The van der Waals surface area contributed by atoms with Gasteiger partial charge < -0.3 is 19.8 Å². The zero-order chi connectivity index (χ0) is 19.8. The molecule has 144 valence electrons. The van der Waals surface area contributed by atoms with Crippen LogP contribution in [0.2, 0.25) is 5.02 Å². The Hall–Kier alpha value is -2.57. The average Bonchev–Trinajstić information content (AvgIpc) is 2.66. The molecule has 1 heterocycles. The maximum atomic E-state index is 9.10. The third-order valence-electron chi connectivity index (χ3n) is 4.26. The fraction of sp³-hybridized carbons (Fsp3) is 0.300. The molecule has 1 aliphatic rings. The summed E-state index contributed by atoms with van der Waals surface area (Å²) in [5, 5.41) is 15.5. The zero-order valence-corrected chi connectivity index (χ0v) is 15.7. The lowest BCUT2D eigenvalue weighted by Gasteiger charge is -2.37. The Morgan fingerprint density at radius 1 is 1.04 bits per heavy atom. The number of rotatable bonds is 3. The molecule has 0 spiro atoms. The van der Waals surface area contributed by atoms with Crippen molar-refractivity contribution in [1.82, 2.24) is 4.90 Å². The van der Waals surface area contributed by atoms with E-state index in [4.69, 9.17) is 36.1 Å². The summed E-state index contributed by atoms with van der Waals surface area (Å²) >= 11 is 5.94. The molecule has 0 saturated carbocycles. The molecule has 2 atom stereocenters. The van der Waals surface area contributed by atoms with Crippen LogP contribution in [-0.2, 0) is 9.59 Å². The summed E-state index contributed by atoms with van der Waals surface area (Å²) in [6, 6.07) is 18.3. The monoisotopic (exact) mass is 391 g/mol. The van der Waals surface area contributed by atoms with Crippen molar-refractivity contribution in [2.45, 2.75) is 18.4 Å². The largest absolute Gasteiger partial charge is 0.490 e. The number of aliphatic carboxylic acids is 2. The molecule has 0 aromatic heterocycles. The minimum atomic E-state index is -1.82. The maximum Gasteiger partial charge on any atom is 0.414 e. The van der Waals surface area contributed by atoms with Crippen molar-refractivity contribution < 1.29 is 24.5 Å². The Balaban J connectivity index is 0.000000380. The smallest absolute Gasteiger partial charge is 0.414 e. The summed E-state index contributed by atoms with van der Waals surface area (Å²) in [6.45, 7) is 2.10. The van der Waals surface area contributed by atoms with Crippen molar-refractivity contribution in [2.75, 3.05) is 20.1 Å². The zero-order valence-electron chi connectivity index (χ0n) is 14.9. The third kappa shape index (κ3) is 6.58. The van der Waals surface area contributed by atoms with Gasteiger partial charge in [0.2, 0.25) is 0 Å². The number of likely N-dealkylation sites (tertiary alicyclic amines) is 1. The second-order valence-corrected chi connectivity index (χ2v) is 6.73. The Bertz CT molecular complexity index is 739. The van der Waals surface area contributed by atoms with Crippen LogP contribution in [0.15, 0.2) is 54.6 Å². The van der Waals surface area contributed by atoms with E-state index in [-0.39, 0.29) is 6.10 Å². The summed E-state index contributed by atoms with van der Waals surface area (Å²) < 4.78 is 6.24. The highest BCUT2D eigenvalue weighted by atomic mass is 35.5. The minimum Gasteiger partial charge on any atom is -0.490 e. The fourth-order valence-electron chi connectivity index (χ4n) is 2.94. The van der Waals surface area contributed by atoms with E-state index in [0.717, 1.165) is 30.3 Å². The summed E-state index contributed by atoms with van der Waals surface area (Å²) in [5.41, 5.74) is 1.35. The number of likely N-dealkylation sites (N-methyl/N-ethyl adjacent to an activating group) is 1. The van der Waals surface area contributed by atoms with Crippen molar-refractivity contribution >= 4 is 23.5 Å². The first-order chi connectivity index (χ1) is 12.9. The van der Waals surface area contributed by atoms with Crippen LogP contribution in [0.25, 0.3) is 0 Å². The molecule has 2 N–H and O–H groups in total. The van der Waals surface area contributed by atoms with E-state index < -0.39 is 11.9 Å². The van der Waals surface area contributed by atoms with Gasteiger partial charge >= 0.3 is 11.9 Å². The highest BCUT2D eigenvalue weighted by molar-refractivity contribution is 6.30. The van der Waals surface area contributed by atoms with Crippen LogP contribution in [0.4, 0.5) is 0 Å². The molecular weight excluding hydrogens is 370 g/mol. The maximum absolute atomic E-state index is 9.10. The molecule has 0 amide bonds. The van der Waals surface area contributed by atoms with Crippen LogP contribution >= 0.6 is 11.6 Å². The molecule has 2 aromatic rings. The average molecular weight is 392 g/mol. The Kier molecular flexibility index (Phi) is 7.64. The van der Waals surface area contributed by atoms with Gasteiger partial charge in [0.05, 0.1) is 0 Å². The topological polar surface area (TPSA) is 87.1 Å². The molecule has 3 rings (SSSR count). The van der Waals surface area contributed by atoms with E-state index in [1.807, 2.05) is 24.3 Å². The molecule has 1 fully saturated rings. The quantitative estimate of drug-likeness (QED) is 0.780. The number of benzene rings is 2. The van der Waals surface area contributed by atoms with Gasteiger partial charge in [0.1, 0.15) is 11.9 Å². The van der Waals surface area contributed by atoms with Crippen molar-refractivity contribution in [3.05, 3.63) is 65.2 Å². The number of hydrogen-bond acceptors (Lipinski definition) is 4. The Morgan fingerprint density at radius 3 is 2.19 bits per heavy atom. The summed E-state index contributed by atoms with van der Waals surface area (Å²) in [4.78, 5) is 20.6. The Labute approximate surface area is 162 Å². The molecule has 0 aliphatic carbocycles. The Morgan fingerprint density at radius 2 is 1.63 bits per heavy atom. The molecule has 0 unspecified atom stereocenters. The van der Waals surface area contributed by atoms with Gasteiger partial charge in [-0.1, -0.05) is 41.9 Å². The lowest BCUT2D eigenvalue weighted by atomic mass is 9.88. The highest BCUT2D eigenvalue weighted by Gasteiger charge is 2.30. The molecule has 6 nitrogen and oxygen atoms in total. The van der Waals surface area contributed by atoms with Gasteiger partial charge in [0.25, 0.3) is 0 Å².